The lowest BCUT2D eigenvalue weighted by Crippen LogP contribution is -2.30. The summed E-state index contributed by atoms with van der Waals surface area (Å²) in [5.74, 6) is 0. The Labute approximate surface area is 200 Å². The molecule has 6 heteroatoms. The van der Waals surface area contributed by atoms with Crippen LogP contribution in [0.5, 0.6) is 0 Å². The summed E-state index contributed by atoms with van der Waals surface area (Å²) < 4.78 is 38.0. The highest BCUT2D eigenvalue weighted by Gasteiger charge is 2.36. The van der Waals surface area contributed by atoms with E-state index in [0.29, 0.717) is 12.0 Å². The SMILES string of the molecule is CCc1cc(C2(CCc3ccc(CO)c(CO)c3)CCCCC2)ccc1/C=C/C(O)C(F)(F)F. The highest BCUT2D eigenvalue weighted by atomic mass is 19.4. The van der Waals surface area contributed by atoms with Crippen molar-refractivity contribution in [2.45, 2.75) is 89.2 Å². The van der Waals surface area contributed by atoms with E-state index < -0.39 is 12.3 Å². The third-order valence-electron chi connectivity index (χ3n) is 7.24. The van der Waals surface area contributed by atoms with E-state index in [9.17, 15) is 28.5 Å². The molecule has 2 aromatic carbocycles. The minimum absolute atomic E-state index is 0.00489. The molecule has 2 aromatic rings. The maximum absolute atomic E-state index is 12.7. The molecule has 3 nitrogen and oxygen atoms in total. The second-order valence-corrected chi connectivity index (χ2v) is 9.37. The van der Waals surface area contributed by atoms with Crippen molar-refractivity contribution in [2.75, 3.05) is 0 Å². The first-order valence-electron chi connectivity index (χ1n) is 12.1. The average molecular weight is 477 g/mol. The minimum atomic E-state index is -4.67. The highest BCUT2D eigenvalue weighted by molar-refractivity contribution is 5.56. The monoisotopic (exact) mass is 476 g/mol. The molecule has 0 heterocycles. The first-order chi connectivity index (χ1) is 16.2. The second kappa shape index (κ2) is 11.5. The lowest BCUT2D eigenvalue weighted by molar-refractivity contribution is -0.187. The molecular weight excluding hydrogens is 441 g/mol. The van der Waals surface area contributed by atoms with Crippen molar-refractivity contribution < 1.29 is 28.5 Å². The van der Waals surface area contributed by atoms with Crippen LogP contribution in [0.15, 0.2) is 42.5 Å². The van der Waals surface area contributed by atoms with E-state index in [1.54, 1.807) is 0 Å². The van der Waals surface area contributed by atoms with Gasteiger partial charge >= 0.3 is 6.18 Å². The van der Waals surface area contributed by atoms with Gasteiger partial charge in [-0.3, -0.25) is 0 Å². The molecule has 1 aliphatic rings. The minimum Gasteiger partial charge on any atom is -0.392 e. The van der Waals surface area contributed by atoms with Gasteiger partial charge in [-0.1, -0.05) is 68.7 Å². The molecule has 0 aliphatic heterocycles. The molecule has 1 unspecified atom stereocenters. The fourth-order valence-corrected chi connectivity index (χ4v) is 5.14. The number of rotatable bonds is 9. The quantitative estimate of drug-likeness (QED) is 0.416. The molecule has 1 aliphatic carbocycles. The Morgan fingerprint density at radius 2 is 1.65 bits per heavy atom. The van der Waals surface area contributed by atoms with Crippen molar-refractivity contribution in [1.82, 2.24) is 0 Å². The van der Waals surface area contributed by atoms with Crippen LogP contribution in [0.2, 0.25) is 0 Å². The number of aryl methyl sites for hydroxylation is 2. The van der Waals surface area contributed by atoms with Gasteiger partial charge in [-0.15, -0.1) is 0 Å². The molecule has 0 spiro atoms. The number of hydrogen-bond donors (Lipinski definition) is 3. The largest absolute Gasteiger partial charge is 0.417 e. The van der Waals surface area contributed by atoms with Crippen molar-refractivity contribution in [2.24, 2.45) is 0 Å². The van der Waals surface area contributed by atoms with Crippen LogP contribution in [0, 0.1) is 0 Å². The van der Waals surface area contributed by atoms with Gasteiger partial charge in [-0.05, 0) is 77.0 Å². The lowest BCUT2D eigenvalue weighted by atomic mass is 9.66. The molecule has 3 rings (SSSR count). The van der Waals surface area contributed by atoms with Crippen LogP contribution in [-0.2, 0) is 31.5 Å². The number of benzene rings is 2. The van der Waals surface area contributed by atoms with E-state index in [-0.39, 0.29) is 18.6 Å². The molecule has 186 valence electrons. The highest BCUT2D eigenvalue weighted by Crippen LogP contribution is 2.43. The standard InChI is InChI=1S/C28H35F3O3/c1-2-21-17-25(10-8-22(21)9-11-26(34)28(29,30)31)27(13-4-3-5-14-27)15-12-20-6-7-23(18-32)24(16-20)19-33/h6-11,16-17,26,32-34H,2-5,12-15,18-19H2,1H3/b11-9+. The lowest BCUT2D eigenvalue weighted by Gasteiger charge is -2.39. The van der Waals surface area contributed by atoms with Crippen LogP contribution in [0.1, 0.15) is 78.8 Å². The van der Waals surface area contributed by atoms with Crippen LogP contribution in [0.3, 0.4) is 0 Å². The number of aliphatic hydroxyl groups is 3. The van der Waals surface area contributed by atoms with Crippen LogP contribution in [-0.4, -0.2) is 27.6 Å². The Bertz CT molecular complexity index is 975. The van der Waals surface area contributed by atoms with E-state index in [1.807, 2.05) is 37.3 Å². The van der Waals surface area contributed by atoms with Crippen LogP contribution in [0.25, 0.3) is 6.08 Å². The van der Waals surface area contributed by atoms with Crippen LogP contribution < -0.4 is 0 Å². The Hall–Kier alpha value is -2.15. The summed E-state index contributed by atoms with van der Waals surface area (Å²) in [6.45, 7) is 1.79. The summed E-state index contributed by atoms with van der Waals surface area (Å²) in [5, 5.41) is 28.4. The second-order valence-electron chi connectivity index (χ2n) is 9.37. The van der Waals surface area contributed by atoms with Gasteiger partial charge in [0.05, 0.1) is 13.2 Å². The number of halogens is 3. The molecular formula is C28H35F3O3. The molecule has 1 fully saturated rings. The van der Waals surface area contributed by atoms with Gasteiger partial charge in [-0.25, -0.2) is 0 Å². The van der Waals surface area contributed by atoms with E-state index >= 15 is 0 Å². The molecule has 0 saturated heterocycles. The first kappa shape index (κ1) is 26.5. The van der Waals surface area contributed by atoms with Gasteiger partial charge in [0.1, 0.15) is 0 Å². The molecule has 0 bridgehead atoms. The Morgan fingerprint density at radius 3 is 2.26 bits per heavy atom. The topological polar surface area (TPSA) is 60.7 Å². The molecule has 1 saturated carbocycles. The zero-order valence-electron chi connectivity index (χ0n) is 19.7. The summed E-state index contributed by atoms with van der Waals surface area (Å²) in [4.78, 5) is 0. The van der Waals surface area contributed by atoms with Gasteiger partial charge in [0.15, 0.2) is 6.10 Å². The number of hydrogen-bond acceptors (Lipinski definition) is 3. The Balaban J connectivity index is 1.86. The Kier molecular flexibility index (Phi) is 8.96. The molecule has 3 N–H and O–H groups in total. The average Bonchev–Trinajstić information content (AvgIpc) is 2.85. The van der Waals surface area contributed by atoms with Crippen molar-refractivity contribution >= 4 is 6.08 Å². The van der Waals surface area contributed by atoms with Crippen molar-refractivity contribution in [3.8, 4) is 0 Å². The summed E-state index contributed by atoms with van der Waals surface area (Å²) in [6, 6.07) is 11.9. The molecule has 1 atom stereocenters. The third kappa shape index (κ3) is 6.29. The van der Waals surface area contributed by atoms with E-state index in [4.69, 9.17) is 0 Å². The van der Waals surface area contributed by atoms with Gasteiger partial charge in [0.2, 0.25) is 0 Å². The summed E-state index contributed by atoms with van der Waals surface area (Å²) in [7, 11) is 0. The summed E-state index contributed by atoms with van der Waals surface area (Å²) >= 11 is 0. The van der Waals surface area contributed by atoms with E-state index in [2.05, 4.69) is 6.07 Å². The third-order valence-corrected chi connectivity index (χ3v) is 7.24. The molecule has 0 amide bonds. The van der Waals surface area contributed by atoms with Gasteiger partial charge < -0.3 is 15.3 Å². The molecule has 0 radical (unpaired) electrons. The zero-order chi connectivity index (χ0) is 24.8. The van der Waals surface area contributed by atoms with Crippen molar-refractivity contribution in [3.05, 3.63) is 75.9 Å². The molecule has 34 heavy (non-hydrogen) atoms. The number of alkyl halides is 3. The number of aliphatic hydroxyl groups excluding tert-OH is 3. The van der Waals surface area contributed by atoms with Crippen molar-refractivity contribution in [1.29, 1.82) is 0 Å². The van der Waals surface area contributed by atoms with Crippen LogP contribution in [0.4, 0.5) is 13.2 Å². The maximum atomic E-state index is 12.7. The van der Waals surface area contributed by atoms with Gasteiger partial charge in [0, 0.05) is 0 Å². The predicted molar refractivity (Wildman–Crippen MR) is 128 cm³/mol. The van der Waals surface area contributed by atoms with Gasteiger partial charge in [0.25, 0.3) is 0 Å². The maximum Gasteiger partial charge on any atom is 0.417 e. The first-order valence-corrected chi connectivity index (χ1v) is 12.1. The van der Waals surface area contributed by atoms with Crippen LogP contribution >= 0.6 is 0 Å². The summed E-state index contributed by atoms with van der Waals surface area (Å²) in [5.41, 5.74) is 5.53. The smallest absolute Gasteiger partial charge is 0.392 e. The summed E-state index contributed by atoms with van der Waals surface area (Å²) in [6.07, 6.45) is 3.15. The fraction of sp³-hybridized carbons (Fsp3) is 0.500. The fourth-order valence-electron chi connectivity index (χ4n) is 5.14. The van der Waals surface area contributed by atoms with E-state index in [0.717, 1.165) is 66.9 Å². The van der Waals surface area contributed by atoms with Crippen molar-refractivity contribution in [3.63, 3.8) is 0 Å². The Morgan fingerprint density at radius 1 is 0.941 bits per heavy atom. The zero-order valence-corrected chi connectivity index (χ0v) is 19.7. The normalized spacial score (nSPS) is 17.3. The van der Waals surface area contributed by atoms with E-state index in [1.165, 1.54) is 18.1 Å². The van der Waals surface area contributed by atoms with Gasteiger partial charge in [-0.2, -0.15) is 13.2 Å². The molecule has 0 aromatic heterocycles. The predicted octanol–water partition coefficient (Wildman–Crippen LogP) is 6.00.